The van der Waals surface area contributed by atoms with E-state index < -0.39 is 6.10 Å². The fourth-order valence-corrected chi connectivity index (χ4v) is 1.73. The van der Waals surface area contributed by atoms with Crippen LogP contribution in [-0.4, -0.2) is 30.4 Å². The molecule has 1 rings (SSSR count). The van der Waals surface area contributed by atoms with Crippen LogP contribution in [-0.2, 0) is 0 Å². The number of aliphatic hydroxyl groups is 2. The number of hydrogen-bond acceptors (Lipinski definition) is 4. The highest BCUT2D eigenvalue weighted by molar-refractivity contribution is 5.58. The van der Waals surface area contributed by atoms with Gasteiger partial charge >= 0.3 is 0 Å². The minimum Gasteiger partial charge on any atom is -0.396 e. The van der Waals surface area contributed by atoms with Gasteiger partial charge in [0.25, 0.3) is 0 Å². The van der Waals surface area contributed by atoms with Gasteiger partial charge in [-0.05, 0) is 25.5 Å². The summed E-state index contributed by atoms with van der Waals surface area (Å²) in [5.41, 5.74) is 2.21. The third-order valence-electron chi connectivity index (χ3n) is 2.67. The maximum Gasteiger partial charge on any atom is 0.0992 e. The first-order chi connectivity index (χ1) is 8.10. The van der Waals surface area contributed by atoms with E-state index in [-0.39, 0.29) is 6.61 Å². The number of benzene rings is 1. The van der Waals surface area contributed by atoms with Crippen molar-refractivity contribution in [3.8, 4) is 6.07 Å². The highest BCUT2D eigenvalue weighted by Gasteiger charge is 2.12. The van der Waals surface area contributed by atoms with E-state index in [0.717, 1.165) is 11.3 Å². The second-order valence-corrected chi connectivity index (χ2v) is 4.06. The first kappa shape index (κ1) is 13.5. The van der Waals surface area contributed by atoms with Crippen LogP contribution < -0.4 is 4.90 Å². The molecule has 0 aromatic heterocycles. The zero-order valence-electron chi connectivity index (χ0n) is 10.2. The van der Waals surface area contributed by atoms with E-state index >= 15 is 0 Å². The lowest BCUT2D eigenvalue weighted by Crippen LogP contribution is -2.21. The van der Waals surface area contributed by atoms with Gasteiger partial charge in [0.2, 0.25) is 0 Å². The van der Waals surface area contributed by atoms with Crippen LogP contribution >= 0.6 is 0 Å². The van der Waals surface area contributed by atoms with Gasteiger partial charge in [-0.15, -0.1) is 0 Å². The van der Waals surface area contributed by atoms with Gasteiger partial charge in [-0.1, -0.05) is 6.07 Å². The van der Waals surface area contributed by atoms with Crippen molar-refractivity contribution in [2.45, 2.75) is 19.4 Å². The van der Waals surface area contributed by atoms with E-state index in [2.05, 4.69) is 6.07 Å². The maximum absolute atomic E-state index is 9.68. The molecular formula is C13H18N2O2. The summed E-state index contributed by atoms with van der Waals surface area (Å²) in [7, 11) is 1.89. The van der Waals surface area contributed by atoms with E-state index in [9.17, 15) is 5.11 Å². The molecule has 0 aliphatic heterocycles. The van der Waals surface area contributed by atoms with Gasteiger partial charge in [-0.3, -0.25) is 0 Å². The predicted molar refractivity (Wildman–Crippen MR) is 66.8 cm³/mol. The molecule has 0 spiro atoms. The Balaban J connectivity index is 3.04. The lowest BCUT2D eigenvalue weighted by atomic mass is 10.0. The largest absolute Gasteiger partial charge is 0.396 e. The molecule has 1 atom stereocenters. The fourth-order valence-electron chi connectivity index (χ4n) is 1.73. The van der Waals surface area contributed by atoms with Crippen LogP contribution in [0.5, 0.6) is 0 Å². The van der Waals surface area contributed by atoms with Crippen LogP contribution in [0.25, 0.3) is 0 Å². The first-order valence-corrected chi connectivity index (χ1v) is 5.64. The minimum atomic E-state index is -0.575. The molecule has 4 heteroatoms. The van der Waals surface area contributed by atoms with Crippen LogP contribution in [0.15, 0.2) is 18.2 Å². The van der Waals surface area contributed by atoms with Crippen molar-refractivity contribution in [1.82, 2.24) is 0 Å². The molecule has 1 aromatic carbocycles. The van der Waals surface area contributed by atoms with Crippen LogP contribution in [0.4, 0.5) is 5.69 Å². The van der Waals surface area contributed by atoms with Crippen LogP contribution in [0.3, 0.4) is 0 Å². The Morgan fingerprint density at radius 3 is 2.71 bits per heavy atom. The van der Waals surface area contributed by atoms with E-state index in [1.165, 1.54) is 0 Å². The average molecular weight is 234 g/mol. The van der Waals surface area contributed by atoms with E-state index in [1.54, 1.807) is 25.1 Å². The summed E-state index contributed by atoms with van der Waals surface area (Å²) < 4.78 is 0. The molecule has 0 fully saturated rings. The first-order valence-electron chi connectivity index (χ1n) is 5.64. The Labute approximate surface area is 102 Å². The molecule has 1 aromatic rings. The molecule has 0 aliphatic rings. The predicted octanol–water partition coefficient (Wildman–Crippen LogP) is 1.43. The van der Waals surface area contributed by atoms with E-state index in [0.29, 0.717) is 18.5 Å². The van der Waals surface area contributed by atoms with Crippen molar-refractivity contribution < 1.29 is 10.2 Å². The highest BCUT2D eigenvalue weighted by Crippen LogP contribution is 2.26. The van der Waals surface area contributed by atoms with Gasteiger partial charge in [0.1, 0.15) is 0 Å². The Hall–Kier alpha value is -1.57. The summed E-state index contributed by atoms with van der Waals surface area (Å²) in [6.45, 7) is 2.52. The zero-order chi connectivity index (χ0) is 12.8. The van der Waals surface area contributed by atoms with Crippen LogP contribution in [0.2, 0.25) is 0 Å². The summed E-state index contributed by atoms with van der Waals surface area (Å²) in [5, 5.41) is 27.4. The molecule has 0 radical (unpaired) electrons. The smallest absolute Gasteiger partial charge is 0.0992 e. The third-order valence-corrected chi connectivity index (χ3v) is 2.67. The third kappa shape index (κ3) is 3.45. The maximum atomic E-state index is 9.68. The van der Waals surface area contributed by atoms with Crippen molar-refractivity contribution >= 4 is 5.69 Å². The molecule has 0 heterocycles. The quantitative estimate of drug-likeness (QED) is 0.808. The van der Waals surface area contributed by atoms with Gasteiger partial charge in [-0.25, -0.2) is 0 Å². The fraction of sp³-hybridized carbons (Fsp3) is 0.462. The van der Waals surface area contributed by atoms with Gasteiger partial charge < -0.3 is 15.1 Å². The van der Waals surface area contributed by atoms with Crippen LogP contribution in [0.1, 0.15) is 30.6 Å². The van der Waals surface area contributed by atoms with Gasteiger partial charge in [-0.2, -0.15) is 5.26 Å². The molecule has 92 valence electrons. The topological polar surface area (TPSA) is 67.5 Å². The lowest BCUT2D eigenvalue weighted by Gasteiger charge is -2.23. The summed E-state index contributed by atoms with van der Waals surface area (Å²) in [5.74, 6) is 0. The summed E-state index contributed by atoms with van der Waals surface area (Å²) in [4.78, 5) is 1.94. The molecule has 17 heavy (non-hydrogen) atoms. The lowest BCUT2D eigenvalue weighted by molar-refractivity contribution is 0.199. The van der Waals surface area contributed by atoms with Crippen molar-refractivity contribution in [2.24, 2.45) is 0 Å². The van der Waals surface area contributed by atoms with Gasteiger partial charge in [0, 0.05) is 31.5 Å². The molecule has 0 aliphatic carbocycles. The van der Waals surface area contributed by atoms with E-state index in [1.807, 2.05) is 11.9 Å². The summed E-state index contributed by atoms with van der Waals surface area (Å²) in [6, 6.07) is 7.32. The normalized spacial score (nSPS) is 11.9. The Kier molecular flexibility index (Phi) is 4.95. The number of nitriles is 1. The van der Waals surface area contributed by atoms with Gasteiger partial charge in [0.15, 0.2) is 0 Å². The molecular weight excluding hydrogens is 216 g/mol. The molecule has 0 bridgehead atoms. The van der Waals surface area contributed by atoms with Crippen LogP contribution in [0, 0.1) is 11.3 Å². The second kappa shape index (κ2) is 6.24. The number of aliphatic hydroxyl groups excluding tert-OH is 2. The Morgan fingerprint density at radius 2 is 2.18 bits per heavy atom. The molecule has 0 unspecified atom stereocenters. The number of nitrogens with zero attached hydrogens (tertiary/aromatic N) is 2. The Morgan fingerprint density at radius 1 is 1.47 bits per heavy atom. The molecule has 0 saturated heterocycles. The Bertz CT molecular complexity index is 410. The second-order valence-electron chi connectivity index (χ2n) is 4.06. The number of anilines is 1. The molecule has 4 nitrogen and oxygen atoms in total. The van der Waals surface area contributed by atoms with Crippen molar-refractivity contribution in [1.29, 1.82) is 5.26 Å². The zero-order valence-corrected chi connectivity index (χ0v) is 10.2. The molecule has 0 saturated carbocycles. The average Bonchev–Trinajstić information content (AvgIpc) is 2.34. The standard InChI is InChI=1S/C13H18N2O2/c1-10(17)12-5-4-11(9-14)8-13(12)15(2)6-3-7-16/h4-5,8,10,16-17H,3,6-7H2,1-2H3/t10-/m1/s1. The summed E-state index contributed by atoms with van der Waals surface area (Å²) >= 11 is 0. The number of rotatable bonds is 5. The van der Waals surface area contributed by atoms with E-state index in [4.69, 9.17) is 10.4 Å². The monoisotopic (exact) mass is 234 g/mol. The molecule has 2 N–H and O–H groups in total. The van der Waals surface area contributed by atoms with Crippen molar-refractivity contribution in [3.63, 3.8) is 0 Å². The van der Waals surface area contributed by atoms with Crippen molar-refractivity contribution in [2.75, 3.05) is 25.1 Å². The molecule has 0 amide bonds. The highest BCUT2D eigenvalue weighted by atomic mass is 16.3. The SMILES string of the molecule is C[C@@H](O)c1ccc(C#N)cc1N(C)CCCO. The number of hydrogen-bond donors (Lipinski definition) is 2. The minimum absolute atomic E-state index is 0.131. The van der Waals surface area contributed by atoms with Gasteiger partial charge in [0.05, 0.1) is 17.7 Å². The summed E-state index contributed by atoms with van der Waals surface area (Å²) in [6.07, 6.45) is 0.0846. The van der Waals surface area contributed by atoms with Crippen molar-refractivity contribution in [3.05, 3.63) is 29.3 Å².